The smallest absolute Gasteiger partial charge is 0.240 e. The molecular formula is C13H22BrClN2O2S. The van der Waals surface area contributed by atoms with E-state index in [9.17, 15) is 8.42 Å². The van der Waals surface area contributed by atoms with Crippen molar-refractivity contribution in [3.05, 3.63) is 28.2 Å². The van der Waals surface area contributed by atoms with E-state index in [1.807, 2.05) is 6.92 Å². The molecule has 0 fully saturated rings. The Labute approximate surface area is 136 Å². The summed E-state index contributed by atoms with van der Waals surface area (Å²) < 4.78 is 27.8. The van der Waals surface area contributed by atoms with E-state index < -0.39 is 10.0 Å². The number of rotatable bonds is 7. The molecule has 7 heteroatoms. The molecule has 4 nitrogen and oxygen atoms in total. The Morgan fingerprint density at radius 3 is 2.35 bits per heavy atom. The number of likely N-dealkylation sites (N-methyl/N-ethyl adjacent to an activating group) is 1. The van der Waals surface area contributed by atoms with E-state index in [1.54, 1.807) is 18.2 Å². The van der Waals surface area contributed by atoms with Crippen LogP contribution >= 0.6 is 28.3 Å². The molecule has 0 unspecified atom stereocenters. The molecular weight excluding hydrogens is 364 g/mol. The average Bonchev–Trinajstić information content (AvgIpc) is 2.37. The zero-order chi connectivity index (χ0) is 14.5. The maximum absolute atomic E-state index is 12.1. The third kappa shape index (κ3) is 5.69. The number of aryl methyl sites for hydroxylation is 1. The van der Waals surface area contributed by atoms with Gasteiger partial charge in [-0.05, 0) is 43.8 Å². The van der Waals surface area contributed by atoms with Crippen molar-refractivity contribution in [1.29, 1.82) is 0 Å². The normalized spacial score (nSPS) is 11.4. The van der Waals surface area contributed by atoms with Crippen LogP contribution in [0.2, 0.25) is 0 Å². The summed E-state index contributed by atoms with van der Waals surface area (Å²) in [7, 11) is -3.41. The monoisotopic (exact) mass is 384 g/mol. The molecule has 0 aromatic heterocycles. The summed E-state index contributed by atoms with van der Waals surface area (Å²) in [4.78, 5) is 2.49. The van der Waals surface area contributed by atoms with Gasteiger partial charge in [0.05, 0.1) is 4.90 Å². The predicted molar refractivity (Wildman–Crippen MR) is 89.1 cm³/mol. The van der Waals surface area contributed by atoms with Gasteiger partial charge in [0, 0.05) is 17.6 Å². The molecule has 1 rings (SSSR count). The summed E-state index contributed by atoms with van der Waals surface area (Å²) in [6.45, 7) is 9.01. The summed E-state index contributed by atoms with van der Waals surface area (Å²) in [5, 5.41) is 0. The van der Waals surface area contributed by atoms with Crippen molar-refractivity contribution in [3.63, 3.8) is 0 Å². The van der Waals surface area contributed by atoms with Crippen LogP contribution in [-0.4, -0.2) is 39.5 Å². The van der Waals surface area contributed by atoms with Gasteiger partial charge >= 0.3 is 0 Å². The maximum Gasteiger partial charge on any atom is 0.240 e. The van der Waals surface area contributed by atoms with E-state index in [-0.39, 0.29) is 12.4 Å². The highest BCUT2D eigenvalue weighted by atomic mass is 79.9. The summed E-state index contributed by atoms with van der Waals surface area (Å²) >= 11 is 3.36. The molecule has 0 radical (unpaired) electrons. The van der Waals surface area contributed by atoms with E-state index in [0.29, 0.717) is 11.4 Å². The van der Waals surface area contributed by atoms with Gasteiger partial charge in [0.15, 0.2) is 0 Å². The van der Waals surface area contributed by atoms with E-state index in [1.165, 1.54) is 0 Å². The molecule has 1 aromatic carbocycles. The molecule has 1 N–H and O–H groups in total. The first kappa shape index (κ1) is 19.9. The quantitative estimate of drug-likeness (QED) is 0.785. The minimum atomic E-state index is -3.41. The van der Waals surface area contributed by atoms with Crippen molar-refractivity contribution in [2.45, 2.75) is 25.7 Å². The van der Waals surface area contributed by atoms with Gasteiger partial charge in [-0.1, -0.05) is 29.8 Å². The standard InChI is InChI=1S/C13H21BrN2O2S.ClH/c1-4-16(5-2)9-8-15-19(17,18)12-6-7-13(14)11(3)10-12;/h6-7,10,15H,4-5,8-9H2,1-3H3;1H. The van der Waals surface area contributed by atoms with Gasteiger partial charge in [-0.3, -0.25) is 0 Å². The number of hydrogen-bond donors (Lipinski definition) is 1. The molecule has 1 aromatic rings. The van der Waals surface area contributed by atoms with Crippen LogP contribution in [-0.2, 0) is 10.0 Å². The Bertz CT molecular complexity index is 519. The minimum Gasteiger partial charge on any atom is -0.303 e. The van der Waals surface area contributed by atoms with Gasteiger partial charge < -0.3 is 4.90 Å². The molecule has 0 saturated carbocycles. The Morgan fingerprint density at radius 1 is 1.25 bits per heavy atom. The lowest BCUT2D eigenvalue weighted by Crippen LogP contribution is -2.34. The highest BCUT2D eigenvalue weighted by Gasteiger charge is 2.14. The Kier molecular flexibility index (Phi) is 8.93. The fourth-order valence-electron chi connectivity index (χ4n) is 1.75. The number of benzene rings is 1. The van der Waals surface area contributed by atoms with Gasteiger partial charge in [-0.2, -0.15) is 0 Å². The van der Waals surface area contributed by atoms with Gasteiger partial charge in [0.2, 0.25) is 10.0 Å². The summed E-state index contributed by atoms with van der Waals surface area (Å²) in [6.07, 6.45) is 0. The van der Waals surface area contributed by atoms with E-state index in [4.69, 9.17) is 0 Å². The first-order chi connectivity index (χ1) is 8.90. The molecule has 116 valence electrons. The number of halogens is 2. The van der Waals surface area contributed by atoms with Crippen LogP contribution < -0.4 is 4.72 Å². The molecule has 0 saturated heterocycles. The van der Waals surface area contributed by atoms with Crippen LogP contribution in [0.1, 0.15) is 19.4 Å². The van der Waals surface area contributed by atoms with Crippen molar-refractivity contribution >= 4 is 38.4 Å². The zero-order valence-electron chi connectivity index (χ0n) is 12.0. The third-order valence-corrected chi connectivity index (χ3v) is 5.40. The fourth-order valence-corrected chi connectivity index (χ4v) is 3.10. The topological polar surface area (TPSA) is 49.4 Å². The average molecular weight is 386 g/mol. The van der Waals surface area contributed by atoms with Crippen molar-refractivity contribution in [1.82, 2.24) is 9.62 Å². The van der Waals surface area contributed by atoms with Gasteiger partial charge in [0.1, 0.15) is 0 Å². The lowest BCUT2D eigenvalue weighted by molar-refractivity contribution is 0.309. The third-order valence-electron chi connectivity index (χ3n) is 3.05. The summed E-state index contributed by atoms with van der Waals surface area (Å²) in [6, 6.07) is 5.04. The zero-order valence-corrected chi connectivity index (χ0v) is 15.2. The minimum absolute atomic E-state index is 0. The first-order valence-corrected chi connectivity index (χ1v) is 8.66. The lowest BCUT2D eigenvalue weighted by Gasteiger charge is -2.18. The summed E-state index contributed by atoms with van der Waals surface area (Å²) in [5.74, 6) is 0. The van der Waals surface area contributed by atoms with Crippen LogP contribution in [0.4, 0.5) is 0 Å². The molecule has 20 heavy (non-hydrogen) atoms. The van der Waals surface area contributed by atoms with Crippen molar-refractivity contribution in [2.75, 3.05) is 26.2 Å². The van der Waals surface area contributed by atoms with Crippen LogP contribution in [0.15, 0.2) is 27.6 Å². The van der Waals surface area contributed by atoms with Crippen LogP contribution in [0.25, 0.3) is 0 Å². The van der Waals surface area contributed by atoms with E-state index >= 15 is 0 Å². The predicted octanol–water partition coefficient (Wildman–Crippen LogP) is 2.80. The molecule has 0 spiro atoms. The maximum atomic E-state index is 12.1. The second kappa shape index (κ2) is 9.00. The second-order valence-electron chi connectivity index (χ2n) is 4.34. The largest absolute Gasteiger partial charge is 0.303 e. The SMILES string of the molecule is CCN(CC)CCNS(=O)(=O)c1ccc(Br)c(C)c1.Cl. The molecule has 0 heterocycles. The van der Waals surface area contributed by atoms with Crippen molar-refractivity contribution in [3.8, 4) is 0 Å². The van der Waals surface area contributed by atoms with Gasteiger partial charge in [-0.25, -0.2) is 13.1 Å². The molecule has 0 aliphatic rings. The van der Waals surface area contributed by atoms with Gasteiger partial charge in [-0.15, -0.1) is 12.4 Å². The number of sulfonamides is 1. The van der Waals surface area contributed by atoms with Crippen LogP contribution in [0.3, 0.4) is 0 Å². The van der Waals surface area contributed by atoms with E-state index in [0.717, 1.165) is 29.7 Å². The van der Waals surface area contributed by atoms with Crippen LogP contribution in [0, 0.1) is 6.92 Å². The van der Waals surface area contributed by atoms with Crippen molar-refractivity contribution in [2.24, 2.45) is 0 Å². The Hall–Kier alpha value is -0.140. The fraction of sp³-hybridized carbons (Fsp3) is 0.538. The first-order valence-electron chi connectivity index (χ1n) is 6.39. The van der Waals surface area contributed by atoms with E-state index in [2.05, 4.69) is 39.4 Å². The second-order valence-corrected chi connectivity index (χ2v) is 6.96. The molecule has 0 aliphatic carbocycles. The molecule has 0 bridgehead atoms. The van der Waals surface area contributed by atoms with Crippen LogP contribution in [0.5, 0.6) is 0 Å². The lowest BCUT2D eigenvalue weighted by atomic mass is 10.2. The number of nitrogens with zero attached hydrogens (tertiary/aromatic N) is 1. The molecule has 0 aliphatic heterocycles. The number of nitrogens with one attached hydrogen (secondary N) is 1. The highest BCUT2D eigenvalue weighted by Crippen LogP contribution is 2.19. The van der Waals surface area contributed by atoms with Crippen molar-refractivity contribution < 1.29 is 8.42 Å². The Balaban J connectivity index is 0.00000361. The molecule has 0 amide bonds. The number of hydrogen-bond acceptors (Lipinski definition) is 3. The van der Waals surface area contributed by atoms with Gasteiger partial charge in [0.25, 0.3) is 0 Å². The highest BCUT2D eigenvalue weighted by molar-refractivity contribution is 9.10. The summed E-state index contributed by atoms with van der Waals surface area (Å²) in [5.41, 5.74) is 0.909. The molecule has 0 atom stereocenters. The Morgan fingerprint density at radius 2 is 1.85 bits per heavy atom.